The van der Waals surface area contributed by atoms with Crippen LogP contribution in [0.5, 0.6) is 5.75 Å². The number of rotatable bonds is 4. The highest BCUT2D eigenvalue weighted by atomic mass is 19.4. The Morgan fingerprint density at radius 1 is 1.04 bits per heavy atom. The van der Waals surface area contributed by atoms with Crippen molar-refractivity contribution in [2.75, 3.05) is 7.11 Å². The largest absolute Gasteiger partial charge is 0.497 e. The van der Waals surface area contributed by atoms with Crippen molar-refractivity contribution in [1.29, 1.82) is 0 Å². The number of methoxy groups -OCH3 is 1. The van der Waals surface area contributed by atoms with Crippen LogP contribution in [0, 0.1) is 5.82 Å². The van der Waals surface area contributed by atoms with Crippen molar-refractivity contribution in [3.63, 3.8) is 0 Å². The normalized spacial score (nSPS) is 14.7. The van der Waals surface area contributed by atoms with Gasteiger partial charge in [0.15, 0.2) is 0 Å². The fraction of sp³-hybridized carbons (Fsp3) is 0.176. The fourth-order valence-electron chi connectivity index (χ4n) is 2.04. The Labute approximate surface area is 130 Å². The van der Waals surface area contributed by atoms with Gasteiger partial charge in [-0.25, -0.2) is 4.39 Å². The molecule has 6 heteroatoms. The van der Waals surface area contributed by atoms with E-state index < -0.39 is 23.2 Å². The van der Waals surface area contributed by atoms with Crippen LogP contribution >= 0.6 is 0 Å². The maximum Gasteiger partial charge on any atom is 0.425 e. The number of benzene rings is 2. The van der Waals surface area contributed by atoms with Gasteiger partial charge in [-0.2, -0.15) is 13.2 Å². The first kappa shape index (κ1) is 17.0. The van der Waals surface area contributed by atoms with Gasteiger partial charge in [0.25, 0.3) is 0 Å². The lowest BCUT2D eigenvalue weighted by molar-refractivity contribution is -0.245. The van der Waals surface area contributed by atoms with Gasteiger partial charge in [0.2, 0.25) is 5.60 Å². The van der Waals surface area contributed by atoms with Crippen molar-refractivity contribution >= 4 is 6.08 Å². The first-order valence-electron chi connectivity index (χ1n) is 6.65. The summed E-state index contributed by atoms with van der Waals surface area (Å²) in [6.07, 6.45) is -3.55. The van der Waals surface area contributed by atoms with E-state index in [0.29, 0.717) is 6.08 Å². The predicted molar refractivity (Wildman–Crippen MR) is 78.4 cm³/mol. The lowest BCUT2D eigenvalue weighted by Gasteiger charge is -2.28. The lowest BCUT2D eigenvalue weighted by Crippen LogP contribution is -2.40. The van der Waals surface area contributed by atoms with Gasteiger partial charge in [-0.15, -0.1) is 0 Å². The van der Waals surface area contributed by atoms with E-state index in [2.05, 4.69) is 0 Å². The van der Waals surface area contributed by atoms with E-state index in [1.54, 1.807) is 0 Å². The summed E-state index contributed by atoms with van der Waals surface area (Å²) in [5.74, 6) is -0.511. The molecule has 0 heterocycles. The minimum atomic E-state index is -4.98. The topological polar surface area (TPSA) is 29.5 Å². The van der Waals surface area contributed by atoms with Gasteiger partial charge in [-0.3, -0.25) is 0 Å². The molecule has 0 saturated carbocycles. The molecule has 23 heavy (non-hydrogen) atoms. The molecule has 0 saturated heterocycles. The van der Waals surface area contributed by atoms with Crippen molar-refractivity contribution in [1.82, 2.24) is 0 Å². The summed E-state index contributed by atoms with van der Waals surface area (Å²) in [4.78, 5) is 0. The van der Waals surface area contributed by atoms with Crippen LogP contribution < -0.4 is 4.74 Å². The second kappa shape index (κ2) is 6.42. The van der Waals surface area contributed by atoms with E-state index in [1.807, 2.05) is 0 Å². The summed E-state index contributed by atoms with van der Waals surface area (Å²) in [7, 11) is 1.31. The number of hydrogen-bond acceptors (Lipinski definition) is 2. The Balaban J connectivity index is 2.50. The zero-order valence-electron chi connectivity index (χ0n) is 12.1. The Kier molecular flexibility index (Phi) is 4.75. The standard InChI is InChI=1S/C17H14F4O2/c1-23-14-7-4-6-13(11-14)16(22,17(19,20)21)10-9-12-5-2-3-8-15(12)18/h2-11,22H,1H3. The van der Waals surface area contributed by atoms with Crippen LogP contribution in [0.25, 0.3) is 6.08 Å². The van der Waals surface area contributed by atoms with Gasteiger partial charge in [0, 0.05) is 11.1 Å². The molecule has 0 fully saturated rings. The molecule has 0 aromatic heterocycles. The van der Waals surface area contributed by atoms with E-state index in [9.17, 15) is 22.7 Å². The maximum atomic E-state index is 13.5. The number of alkyl halides is 3. The second-order valence-electron chi connectivity index (χ2n) is 4.85. The molecule has 0 radical (unpaired) electrons. The highest BCUT2D eigenvalue weighted by molar-refractivity contribution is 5.53. The molecule has 0 amide bonds. The first-order valence-corrected chi connectivity index (χ1v) is 6.65. The number of aliphatic hydroxyl groups is 1. The molecule has 122 valence electrons. The molecule has 1 atom stereocenters. The van der Waals surface area contributed by atoms with Gasteiger partial charge in [-0.05, 0) is 24.3 Å². The van der Waals surface area contributed by atoms with E-state index in [0.717, 1.165) is 24.3 Å². The molecular formula is C17H14F4O2. The third-order valence-corrected chi connectivity index (χ3v) is 3.35. The summed E-state index contributed by atoms with van der Waals surface area (Å²) < 4.78 is 58.6. The van der Waals surface area contributed by atoms with Gasteiger partial charge in [0.05, 0.1) is 7.11 Å². The average molecular weight is 326 g/mol. The van der Waals surface area contributed by atoms with Gasteiger partial charge in [0.1, 0.15) is 11.6 Å². The van der Waals surface area contributed by atoms with Gasteiger partial charge >= 0.3 is 6.18 Å². The molecule has 1 N–H and O–H groups in total. The summed E-state index contributed by atoms with van der Waals surface area (Å²) >= 11 is 0. The SMILES string of the molecule is COc1cccc(C(O)(C=Cc2ccccc2F)C(F)(F)F)c1. The molecule has 2 rings (SSSR count). The first-order chi connectivity index (χ1) is 10.8. The maximum absolute atomic E-state index is 13.5. The average Bonchev–Trinajstić information content (AvgIpc) is 2.52. The van der Waals surface area contributed by atoms with E-state index in [-0.39, 0.29) is 11.3 Å². The molecule has 0 bridgehead atoms. The van der Waals surface area contributed by atoms with Crippen molar-refractivity contribution in [3.05, 3.63) is 71.6 Å². The molecule has 2 aromatic carbocycles. The lowest BCUT2D eigenvalue weighted by atomic mass is 9.91. The Morgan fingerprint density at radius 3 is 2.35 bits per heavy atom. The van der Waals surface area contributed by atoms with Gasteiger partial charge in [-0.1, -0.05) is 36.4 Å². The highest BCUT2D eigenvalue weighted by Gasteiger charge is 2.53. The van der Waals surface area contributed by atoms with Crippen molar-refractivity contribution < 1.29 is 27.4 Å². The summed E-state index contributed by atoms with van der Waals surface area (Å²) in [5.41, 5.74) is -3.74. The summed E-state index contributed by atoms with van der Waals surface area (Å²) in [6, 6.07) is 10.3. The zero-order chi connectivity index (χ0) is 17.1. The van der Waals surface area contributed by atoms with Crippen molar-refractivity contribution in [2.45, 2.75) is 11.8 Å². The van der Waals surface area contributed by atoms with E-state index in [1.165, 1.54) is 37.4 Å². The van der Waals surface area contributed by atoms with Crippen LogP contribution in [-0.2, 0) is 5.60 Å². The quantitative estimate of drug-likeness (QED) is 0.849. The Morgan fingerprint density at radius 2 is 1.74 bits per heavy atom. The molecule has 0 aliphatic heterocycles. The van der Waals surface area contributed by atoms with Crippen LogP contribution in [0.2, 0.25) is 0 Å². The smallest absolute Gasteiger partial charge is 0.425 e. The van der Waals surface area contributed by atoms with Crippen LogP contribution in [0.3, 0.4) is 0 Å². The molecular weight excluding hydrogens is 312 g/mol. The number of hydrogen-bond donors (Lipinski definition) is 1. The van der Waals surface area contributed by atoms with Crippen molar-refractivity contribution in [2.24, 2.45) is 0 Å². The van der Waals surface area contributed by atoms with Crippen LogP contribution in [0.4, 0.5) is 17.6 Å². The van der Waals surface area contributed by atoms with Crippen LogP contribution in [0.15, 0.2) is 54.6 Å². The third-order valence-electron chi connectivity index (χ3n) is 3.35. The zero-order valence-corrected chi connectivity index (χ0v) is 12.1. The molecule has 0 aliphatic rings. The molecule has 0 spiro atoms. The predicted octanol–water partition coefficient (Wildman–Crippen LogP) is 4.30. The van der Waals surface area contributed by atoms with E-state index in [4.69, 9.17) is 4.74 Å². The molecule has 0 aliphatic carbocycles. The molecule has 1 unspecified atom stereocenters. The second-order valence-corrected chi connectivity index (χ2v) is 4.85. The summed E-state index contributed by atoms with van der Waals surface area (Å²) in [5, 5.41) is 10.2. The monoisotopic (exact) mass is 326 g/mol. The van der Waals surface area contributed by atoms with Crippen LogP contribution in [-0.4, -0.2) is 18.4 Å². The summed E-state index contributed by atoms with van der Waals surface area (Å²) in [6.45, 7) is 0. The fourth-order valence-corrected chi connectivity index (χ4v) is 2.04. The van der Waals surface area contributed by atoms with E-state index >= 15 is 0 Å². The van der Waals surface area contributed by atoms with Crippen molar-refractivity contribution in [3.8, 4) is 5.75 Å². The molecule has 2 aromatic rings. The Bertz CT molecular complexity index is 710. The van der Waals surface area contributed by atoms with Gasteiger partial charge < -0.3 is 9.84 Å². The molecule has 2 nitrogen and oxygen atoms in total. The Hall–Kier alpha value is -2.34. The minimum absolute atomic E-state index is 0.0573. The number of ether oxygens (including phenoxy) is 1. The highest BCUT2D eigenvalue weighted by Crippen LogP contribution is 2.41. The third kappa shape index (κ3) is 3.53. The van der Waals surface area contributed by atoms with Crippen LogP contribution in [0.1, 0.15) is 11.1 Å². The minimum Gasteiger partial charge on any atom is -0.497 e. The number of halogens is 4.